The average molecular weight is 332 g/mol. The molecule has 0 aliphatic carbocycles. The summed E-state index contributed by atoms with van der Waals surface area (Å²) in [5.74, 6) is 1.07. The number of aryl methyl sites for hydroxylation is 1. The van der Waals surface area contributed by atoms with Crippen LogP contribution in [0.25, 0.3) is 16.4 Å². The number of methoxy groups -OCH3 is 1. The zero-order chi connectivity index (χ0) is 17.4. The molecular weight excluding hydrogens is 312 g/mol. The van der Waals surface area contributed by atoms with E-state index in [0.29, 0.717) is 11.7 Å². The molecule has 0 atom stereocenters. The molecule has 2 aromatic carbocycles. The van der Waals surface area contributed by atoms with Crippen molar-refractivity contribution >= 4 is 22.4 Å². The van der Waals surface area contributed by atoms with Gasteiger partial charge in [0.25, 0.3) is 0 Å². The lowest BCUT2D eigenvalue weighted by atomic mass is 10.1. The minimum Gasteiger partial charge on any atom is -0.494 e. The van der Waals surface area contributed by atoms with Crippen LogP contribution in [0, 0.1) is 0 Å². The van der Waals surface area contributed by atoms with E-state index < -0.39 is 0 Å². The average Bonchev–Trinajstić information content (AvgIpc) is 3.07. The zero-order valence-corrected chi connectivity index (χ0v) is 14.4. The van der Waals surface area contributed by atoms with Crippen molar-refractivity contribution in [1.29, 1.82) is 0 Å². The Kier molecular flexibility index (Phi) is 3.76. The molecule has 25 heavy (non-hydrogen) atoms. The van der Waals surface area contributed by atoms with Crippen molar-refractivity contribution in [3.63, 3.8) is 0 Å². The summed E-state index contributed by atoms with van der Waals surface area (Å²) in [6.07, 6.45) is 1.81. The number of rotatable bonds is 4. The SMILES string of the molecule is CCc1ccc(Cc2cc3c4cccc(OC)c4nc(N)n3n2)cc1. The molecule has 0 aliphatic heterocycles. The number of para-hydroxylation sites is 1. The molecule has 0 saturated heterocycles. The second-order valence-corrected chi connectivity index (χ2v) is 6.11. The second-order valence-electron chi connectivity index (χ2n) is 6.11. The van der Waals surface area contributed by atoms with Crippen LogP contribution < -0.4 is 10.5 Å². The molecule has 0 radical (unpaired) electrons. The number of nitrogens with zero attached hydrogens (tertiary/aromatic N) is 3. The van der Waals surface area contributed by atoms with Crippen molar-refractivity contribution in [1.82, 2.24) is 14.6 Å². The van der Waals surface area contributed by atoms with E-state index in [1.54, 1.807) is 11.6 Å². The minimum atomic E-state index is 0.361. The first kappa shape index (κ1) is 15.4. The molecule has 0 bridgehead atoms. The van der Waals surface area contributed by atoms with Gasteiger partial charge in [0.1, 0.15) is 11.3 Å². The van der Waals surface area contributed by atoms with E-state index in [4.69, 9.17) is 10.5 Å². The largest absolute Gasteiger partial charge is 0.494 e. The molecule has 5 nitrogen and oxygen atoms in total. The number of benzene rings is 2. The molecule has 0 unspecified atom stereocenters. The molecule has 126 valence electrons. The Morgan fingerprint density at radius 3 is 2.56 bits per heavy atom. The van der Waals surface area contributed by atoms with Gasteiger partial charge in [-0.1, -0.05) is 43.3 Å². The molecule has 0 amide bonds. The van der Waals surface area contributed by atoms with Gasteiger partial charge in [-0.15, -0.1) is 0 Å². The van der Waals surface area contributed by atoms with Gasteiger partial charge < -0.3 is 10.5 Å². The van der Waals surface area contributed by atoms with Gasteiger partial charge in [-0.2, -0.15) is 9.61 Å². The lowest BCUT2D eigenvalue weighted by molar-refractivity contribution is 0.419. The molecule has 0 spiro atoms. The van der Waals surface area contributed by atoms with Crippen LogP contribution in [0.5, 0.6) is 5.75 Å². The number of aromatic nitrogens is 3. The van der Waals surface area contributed by atoms with Crippen LogP contribution >= 0.6 is 0 Å². The molecule has 4 rings (SSSR count). The van der Waals surface area contributed by atoms with Crippen LogP contribution in [0.2, 0.25) is 0 Å². The zero-order valence-electron chi connectivity index (χ0n) is 14.4. The number of nitrogen functional groups attached to an aromatic ring is 1. The highest BCUT2D eigenvalue weighted by atomic mass is 16.5. The monoisotopic (exact) mass is 332 g/mol. The van der Waals surface area contributed by atoms with E-state index in [0.717, 1.165) is 35.0 Å². The maximum atomic E-state index is 6.12. The molecule has 2 aromatic heterocycles. The molecule has 0 fully saturated rings. The molecule has 0 saturated carbocycles. The Bertz CT molecular complexity index is 1050. The third-order valence-corrected chi connectivity index (χ3v) is 4.51. The first-order chi connectivity index (χ1) is 12.2. The lowest BCUT2D eigenvalue weighted by Gasteiger charge is -2.07. The topological polar surface area (TPSA) is 65.4 Å². The van der Waals surface area contributed by atoms with Crippen LogP contribution in [0.1, 0.15) is 23.7 Å². The Balaban J connectivity index is 1.81. The van der Waals surface area contributed by atoms with Crippen LogP contribution in [-0.4, -0.2) is 21.7 Å². The molecule has 2 N–H and O–H groups in total. The summed E-state index contributed by atoms with van der Waals surface area (Å²) in [6, 6.07) is 16.6. The summed E-state index contributed by atoms with van der Waals surface area (Å²) < 4.78 is 7.11. The fraction of sp³-hybridized carbons (Fsp3) is 0.200. The van der Waals surface area contributed by atoms with E-state index in [1.807, 2.05) is 18.2 Å². The third kappa shape index (κ3) is 2.67. The van der Waals surface area contributed by atoms with Gasteiger partial charge >= 0.3 is 0 Å². The summed E-state index contributed by atoms with van der Waals surface area (Å²) in [6.45, 7) is 2.16. The van der Waals surface area contributed by atoms with E-state index in [1.165, 1.54) is 11.1 Å². The van der Waals surface area contributed by atoms with Crippen molar-refractivity contribution < 1.29 is 4.74 Å². The Hall–Kier alpha value is -3.08. The number of anilines is 1. The van der Waals surface area contributed by atoms with Crippen molar-refractivity contribution in [2.45, 2.75) is 19.8 Å². The molecule has 4 aromatic rings. The van der Waals surface area contributed by atoms with Crippen molar-refractivity contribution in [3.8, 4) is 5.75 Å². The Labute approximate surface area is 146 Å². The third-order valence-electron chi connectivity index (χ3n) is 4.51. The standard InChI is InChI=1S/C20H20N4O/c1-3-13-7-9-14(10-8-13)11-15-12-17-16-5-4-6-18(25-2)19(16)22-20(21)24(17)23-15/h4-10,12H,3,11H2,1-2H3,(H2,21,22). The van der Waals surface area contributed by atoms with Crippen LogP contribution in [0.15, 0.2) is 48.5 Å². The molecular formula is C20H20N4O. The van der Waals surface area contributed by atoms with Gasteiger partial charge in [0, 0.05) is 11.8 Å². The highest BCUT2D eigenvalue weighted by Gasteiger charge is 2.13. The molecule has 2 heterocycles. The molecule has 5 heteroatoms. The maximum absolute atomic E-state index is 6.12. The minimum absolute atomic E-state index is 0.361. The quantitative estimate of drug-likeness (QED) is 0.620. The van der Waals surface area contributed by atoms with Gasteiger partial charge in [0.05, 0.1) is 18.3 Å². The fourth-order valence-corrected chi connectivity index (χ4v) is 3.16. The van der Waals surface area contributed by atoms with E-state index in [-0.39, 0.29) is 0 Å². The van der Waals surface area contributed by atoms with Gasteiger partial charge in [0.15, 0.2) is 0 Å². The van der Waals surface area contributed by atoms with Crippen LogP contribution in [0.3, 0.4) is 0 Å². The lowest BCUT2D eigenvalue weighted by Crippen LogP contribution is -2.03. The summed E-state index contributed by atoms with van der Waals surface area (Å²) >= 11 is 0. The maximum Gasteiger partial charge on any atom is 0.222 e. The van der Waals surface area contributed by atoms with Crippen LogP contribution in [0.4, 0.5) is 5.95 Å². The summed E-state index contributed by atoms with van der Waals surface area (Å²) in [5, 5.41) is 5.62. The van der Waals surface area contributed by atoms with E-state index in [2.05, 4.69) is 47.3 Å². The fourth-order valence-electron chi connectivity index (χ4n) is 3.16. The Morgan fingerprint density at radius 1 is 1.08 bits per heavy atom. The number of hydrogen-bond donors (Lipinski definition) is 1. The highest BCUT2D eigenvalue weighted by Crippen LogP contribution is 2.29. The van der Waals surface area contributed by atoms with Crippen molar-refractivity contribution in [2.75, 3.05) is 12.8 Å². The molecule has 0 aliphatic rings. The summed E-state index contributed by atoms with van der Waals surface area (Å²) in [7, 11) is 1.64. The van der Waals surface area contributed by atoms with E-state index in [9.17, 15) is 0 Å². The predicted octanol–water partition coefficient (Wildman–Crippen LogP) is 3.63. The Morgan fingerprint density at radius 2 is 1.84 bits per heavy atom. The van der Waals surface area contributed by atoms with Crippen molar-refractivity contribution in [3.05, 3.63) is 65.4 Å². The first-order valence-corrected chi connectivity index (χ1v) is 8.38. The number of fused-ring (bicyclic) bond motifs is 3. The van der Waals surface area contributed by atoms with Gasteiger partial charge in [0.2, 0.25) is 5.95 Å². The normalized spacial score (nSPS) is 11.3. The van der Waals surface area contributed by atoms with Gasteiger partial charge in [-0.05, 0) is 29.7 Å². The smallest absolute Gasteiger partial charge is 0.222 e. The predicted molar refractivity (Wildman–Crippen MR) is 100 cm³/mol. The van der Waals surface area contributed by atoms with Crippen LogP contribution in [-0.2, 0) is 12.8 Å². The number of hydrogen-bond acceptors (Lipinski definition) is 4. The highest BCUT2D eigenvalue weighted by molar-refractivity contribution is 5.97. The van der Waals surface area contributed by atoms with Gasteiger partial charge in [-0.25, -0.2) is 4.98 Å². The second kappa shape index (κ2) is 6.09. The van der Waals surface area contributed by atoms with Gasteiger partial charge in [-0.3, -0.25) is 0 Å². The van der Waals surface area contributed by atoms with E-state index >= 15 is 0 Å². The first-order valence-electron chi connectivity index (χ1n) is 8.38. The summed E-state index contributed by atoms with van der Waals surface area (Å²) in [4.78, 5) is 4.47. The number of ether oxygens (including phenoxy) is 1. The number of nitrogens with two attached hydrogens (primary N) is 1. The summed E-state index contributed by atoms with van der Waals surface area (Å²) in [5.41, 5.74) is 11.4. The van der Waals surface area contributed by atoms with Crippen molar-refractivity contribution in [2.24, 2.45) is 0 Å².